The van der Waals surface area contributed by atoms with Crippen LogP contribution < -0.4 is 15.7 Å². The number of rotatable bonds is 2. The Kier molecular flexibility index (Phi) is 5.13. The summed E-state index contributed by atoms with van der Waals surface area (Å²) in [7, 11) is 0. The molecular weight excluding hydrogens is 593 g/mol. The van der Waals surface area contributed by atoms with Gasteiger partial charge in [-0.25, -0.2) is 0 Å². The minimum absolute atomic E-state index is 0.137. The van der Waals surface area contributed by atoms with Crippen molar-refractivity contribution in [3.8, 4) is 39.4 Å². The lowest BCUT2D eigenvalue weighted by molar-refractivity contribution is 0.487. The highest BCUT2D eigenvalue weighted by Crippen LogP contribution is 2.46. The molecule has 218 valence electrons. The summed E-state index contributed by atoms with van der Waals surface area (Å²) in [5, 5.41) is 4.80. The lowest BCUT2D eigenvalue weighted by atomic mass is 9.57. The molecule has 0 radical (unpaired) electrons. The molecule has 2 aliphatic heterocycles. The third-order valence-electron chi connectivity index (χ3n) is 9.88. The van der Waals surface area contributed by atoms with Crippen LogP contribution in [0.3, 0.4) is 0 Å². The largest absolute Gasteiger partial charge is 0.458 e. The van der Waals surface area contributed by atoms with E-state index in [1.54, 1.807) is 0 Å². The highest BCUT2D eigenvalue weighted by atomic mass is 32.2. The van der Waals surface area contributed by atoms with Crippen molar-refractivity contribution in [1.82, 2.24) is 4.57 Å². The second kappa shape index (κ2) is 9.44. The second-order valence-corrected chi connectivity index (χ2v) is 13.6. The zero-order valence-electron chi connectivity index (χ0n) is 25.1. The average Bonchev–Trinajstić information content (AvgIpc) is 3.67. The summed E-state index contributed by atoms with van der Waals surface area (Å²) in [5.74, 6) is 2.00. The maximum Gasteiger partial charge on any atom is 0.289 e. The molecule has 0 N–H and O–H groups in total. The fourth-order valence-corrected chi connectivity index (χ4v) is 9.20. The number of para-hydroxylation sites is 4. The summed E-state index contributed by atoms with van der Waals surface area (Å²) < 4.78 is 15.4. The smallest absolute Gasteiger partial charge is 0.289 e. The van der Waals surface area contributed by atoms with Gasteiger partial charge in [-0.05, 0) is 81.7 Å². The zero-order valence-corrected chi connectivity index (χ0v) is 25.9. The van der Waals surface area contributed by atoms with Crippen LogP contribution in [0.15, 0.2) is 155 Å². The molecule has 5 heteroatoms. The number of ether oxygens (including phenoxy) is 1. The molecule has 7 aromatic carbocycles. The van der Waals surface area contributed by atoms with Gasteiger partial charge in [0.05, 0.1) is 16.7 Å². The van der Waals surface area contributed by atoms with Gasteiger partial charge in [-0.1, -0.05) is 91.0 Å². The molecule has 0 unspecified atom stereocenters. The van der Waals surface area contributed by atoms with Crippen LogP contribution in [0.25, 0.3) is 71.7 Å². The Bertz CT molecular complexity index is 2720. The molecule has 11 rings (SSSR count). The third kappa shape index (κ3) is 3.60. The molecule has 0 fully saturated rings. The third-order valence-corrected chi connectivity index (χ3v) is 11.2. The molecule has 0 bridgehead atoms. The molecule has 47 heavy (non-hydrogen) atoms. The Morgan fingerprint density at radius 3 is 2.04 bits per heavy atom. The monoisotopic (exact) mass is 617 g/mol. The zero-order chi connectivity index (χ0) is 30.6. The minimum atomic E-state index is 0.137. The van der Waals surface area contributed by atoms with Gasteiger partial charge in [-0.15, -0.1) is 0 Å². The van der Waals surface area contributed by atoms with Crippen molar-refractivity contribution >= 4 is 72.3 Å². The van der Waals surface area contributed by atoms with Gasteiger partial charge in [-0.3, -0.25) is 0 Å². The Hall–Kier alpha value is -5.65. The quantitative estimate of drug-likeness (QED) is 0.181. The van der Waals surface area contributed by atoms with E-state index < -0.39 is 0 Å². The lowest BCUT2D eigenvalue weighted by Crippen LogP contribution is -2.46. The molecule has 2 aliphatic rings. The van der Waals surface area contributed by atoms with Gasteiger partial charge in [0.25, 0.3) is 5.99 Å². The van der Waals surface area contributed by atoms with Crippen LogP contribution >= 0.6 is 11.6 Å². The minimum Gasteiger partial charge on any atom is -0.458 e. The Labute approximate surface area is 275 Å². The van der Waals surface area contributed by atoms with Crippen molar-refractivity contribution in [3.05, 3.63) is 146 Å². The summed E-state index contributed by atoms with van der Waals surface area (Å²) >= 11 is 1.92. The highest BCUT2D eigenvalue weighted by Gasteiger charge is 2.39. The van der Waals surface area contributed by atoms with Crippen LogP contribution in [0.2, 0.25) is 0 Å². The number of hydrogen-bond donors (Lipinski definition) is 0. The van der Waals surface area contributed by atoms with Crippen LogP contribution in [-0.2, 0) is 0 Å². The summed E-state index contributed by atoms with van der Waals surface area (Å²) in [5.41, 5.74) is 12.6. The van der Waals surface area contributed by atoms with Crippen molar-refractivity contribution < 1.29 is 9.15 Å². The summed E-state index contributed by atoms with van der Waals surface area (Å²) in [4.78, 5) is 1.27. The predicted octanol–water partition coefficient (Wildman–Crippen LogP) is 10.3. The Morgan fingerprint density at radius 1 is 0.511 bits per heavy atom. The van der Waals surface area contributed by atoms with Crippen LogP contribution in [-0.4, -0.2) is 10.6 Å². The van der Waals surface area contributed by atoms with E-state index in [0.29, 0.717) is 0 Å². The SMILES string of the molecule is c1ccc2c(c1)Oc1cc(-n3c4ccccc4c4ccccc43)cc3c1B2Sc1cc(-c2ccc4c(c2)oc2ccccc24)ccc1-3. The van der Waals surface area contributed by atoms with E-state index in [0.717, 1.165) is 44.7 Å². The van der Waals surface area contributed by atoms with E-state index in [1.165, 1.54) is 54.3 Å². The molecule has 0 saturated heterocycles. The van der Waals surface area contributed by atoms with Gasteiger partial charge in [0, 0.05) is 32.5 Å². The normalized spacial score (nSPS) is 13.1. The number of hydrogen-bond acceptors (Lipinski definition) is 3. The fourth-order valence-electron chi connectivity index (χ4n) is 7.76. The summed E-state index contributed by atoms with van der Waals surface area (Å²) in [6.07, 6.45) is 0. The van der Waals surface area contributed by atoms with Gasteiger partial charge in [-0.2, -0.15) is 11.6 Å². The van der Waals surface area contributed by atoms with Gasteiger partial charge in [0.2, 0.25) is 0 Å². The van der Waals surface area contributed by atoms with E-state index >= 15 is 0 Å². The van der Waals surface area contributed by atoms with Crippen LogP contribution in [0.4, 0.5) is 0 Å². The van der Waals surface area contributed by atoms with E-state index in [-0.39, 0.29) is 5.99 Å². The second-order valence-electron chi connectivity index (χ2n) is 12.4. The molecule has 2 aromatic heterocycles. The van der Waals surface area contributed by atoms with Crippen molar-refractivity contribution in [1.29, 1.82) is 0 Å². The first-order valence-corrected chi connectivity index (χ1v) is 16.8. The first kappa shape index (κ1) is 25.5. The van der Waals surface area contributed by atoms with E-state index in [4.69, 9.17) is 9.15 Å². The average molecular weight is 618 g/mol. The van der Waals surface area contributed by atoms with E-state index in [2.05, 4.69) is 138 Å². The molecule has 0 amide bonds. The molecule has 0 spiro atoms. The fraction of sp³-hybridized carbons (Fsp3) is 0. The number of furan rings is 1. The molecule has 0 aliphatic carbocycles. The van der Waals surface area contributed by atoms with E-state index in [9.17, 15) is 0 Å². The maximum atomic E-state index is 6.72. The number of aromatic nitrogens is 1. The standard InChI is InChI=1S/C42H24BNO2S/c1-5-13-35-28(9-1)29-10-2-6-14-36(29)44(35)27-23-33-32-20-18-26(25-17-19-31-30-11-3-7-15-37(30)45-39(31)21-25)22-41(32)47-43-34-12-4-8-16-38(34)46-40(24-27)42(33)43/h1-24H. The maximum absolute atomic E-state index is 6.72. The number of fused-ring (bicyclic) bond motifs is 10. The van der Waals surface area contributed by atoms with Crippen LogP contribution in [0.1, 0.15) is 0 Å². The first-order valence-electron chi connectivity index (χ1n) is 15.9. The number of nitrogens with zero attached hydrogens (tertiary/aromatic N) is 1. The topological polar surface area (TPSA) is 27.3 Å². The molecule has 3 nitrogen and oxygen atoms in total. The van der Waals surface area contributed by atoms with Gasteiger partial charge in [0.1, 0.15) is 22.7 Å². The van der Waals surface area contributed by atoms with E-state index in [1.807, 2.05) is 23.7 Å². The summed E-state index contributed by atoms with van der Waals surface area (Å²) in [6.45, 7) is 0. The van der Waals surface area contributed by atoms with Crippen molar-refractivity contribution in [3.63, 3.8) is 0 Å². The molecule has 0 atom stereocenters. The molecule has 4 heterocycles. The van der Waals surface area contributed by atoms with Crippen molar-refractivity contribution in [2.45, 2.75) is 4.90 Å². The van der Waals surface area contributed by atoms with Crippen molar-refractivity contribution in [2.24, 2.45) is 0 Å². The summed E-state index contributed by atoms with van der Waals surface area (Å²) in [6, 6.07) is 52.2. The Morgan fingerprint density at radius 2 is 1.19 bits per heavy atom. The Balaban J connectivity index is 1.13. The predicted molar refractivity (Wildman–Crippen MR) is 196 cm³/mol. The molecule has 0 saturated carbocycles. The van der Waals surface area contributed by atoms with Gasteiger partial charge < -0.3 is 13.7 Å². The lowest BCUT2D eigenvalue weighted by Gasteiger charge is -2.33. The molecule has 9 aromatic rings. The first-order chi connectivity index (χ1) is 23.3. The van der Waals surface area contributed by atoms with Crippen LogP contribution in [0, 0.1) is 0 Å². The van der Waals surface area contributed by atoms with Crippen LogP contribution in [0.5, 0.6) is 11.5 Å². The molecular formula is C42H24BNO2S. The van der Waals surface area contributed by atoms with Gasteiger partial charge in [0.15, 0.2) is 0 Å². The van der Waals surface area contributed by atoms with Gasteiger partial charge >= 0.3 is 0 Å². The van der Waals surface area contributed by atoms with Crippen molar-refractivity contribution in [2.75, 3.05) is 0 Å². The highest BCUT2D eigenvalue weighted by molar-refractivity contribution is 8.28. The number of benzene rings is 7.